The third-order valence-corrected chi connectivity index (χ3v) is 4.10. The second-order valence-corrected chi connectivity index (χ2v) is 5.87. The van der Waals surface area contributed by atoms with Crippen molar-refractivity contribution >= 4 is 22.9 Å². The van der Waals surface area contributed by atoms with Crippen LogP contribution in [0.4, 0.5) is 0 Å². The van der Waals surface area contributed by atoms with E-state index in [0.717, 1.165) is 4.57 Å². The molecule has 10 nitrogen and oxygen atoms in total. The standard InChI is InChI=1S/C18H16N4O6/c1-22-16-12(15(25)14(18(22)27)17(26)21-8-13(23)24)4-10(6-20-16)9-3-11(28-2)7-19-5-9/h3-7,25H,8H2,1-2H3,(H,21,26)(H,23,24). The molecular weight excluding hydrogens is 368 g/mol. The maximum absolute atomic E-state index is 12.5. The number of hydrogen-bond donors (Lipinski definition) is 3. The number of ether oxygens (including phenoxy) is 1. The first kappa shape index (κ1) is 18.8. The molecule has 0 fully saturated rings. The average molecular weight is 384 g/mol. The number of pyridine rings is 3. The number of carboxylic acids is 1. The third kappa shape index (κ3) is 3.34. The van der Waals surface area contributed by atoms with Gasteiger partial charge in [0, 0.05) is 30.6 Å². The molecule has 0 spiro atoms. The monoisotopic (exact) mass is 384 g/mol. The summed E-state index contributed by atoms with van der Waals surface area (Å²) in [6.07, 6.45) is 4.61. The molecule has 0 radical (unpaired) electrons. The van der Waals surface area contributed by atoms with Crippen LogP contribution in [-0.4, -0.2) is 50.3 Å². The number of aromatic nitrogens is 3. The van der Waals surface area contributed by atoms with Gasteiger partial charge in [-0.3, -0.25) is 23.9 Å². The highest BCUT2D eigenvalue weighted by Gasteiger charge is 2.22. The van der Waals surface area contributed by atoms with E-state index in [-0.39, 0.29) is 11.0 Å². The molecule has 0 saturated heterocycles. The van der Waals surface area contributed by atoms with Gasteiger partial charge in [-0.15, -0.1) is 0 Å². The van der Waals surface area contributed by atoms with Gasteiger partial charge in [0.1, 0.15) is 29.3 Å². The van der Waals surface area contributed by atoms with E-state index in [0.29, 0.717) is 16.9 Å². The van der Waals surface area contributed by atoms with Crippen LogP contribution in [0.15, 0.2) is 35.5 Å². The first-order valence-corrected chi connectivity index (χ1v) is 8.04. The lowest BCUT2D eigenvalue weighted by Gasteiger charge is -2.12. The highest BCUT2D eigenvalue weighted by Crippen LogP contribution is 2.30. The molecule has 0 saturated carbocycles. The second-order valence-electron chi connectivity index (χ2n) is 5.87. The van der Waals surface area contributed by atoms with E-state index in [9.17, 15) is 19.5 Å². The van der Waals surface area contributed by atoms with Gasteiger partial charge in [-0.1, -0.05) is 0 Å². The predicted molar refractivity (Wildman–Crippen MR) is 98.4 cm³/mol. The molecule has 1 amide bonds. The normalized spacial score (nSPS) is 10.6. The number of aliphatic carboxylic acids is 1. The Morgan fingerprint density at radius 1 is 1.21 bits per heavy atom. The summed E-state index contributed by atoms with van der Waals surface area (Å²) in [5.41, 5.74) is 0.0377. The topological polar surface area (TPSA) is 144 Å². The SMILES string of the molecule is COc1cncc(-c2cnc3c(c2)c(O)c(C(=O)NCC(=O)O)c(=O)n3C)c1. The van der Waals surface area contributed by atoms with E-state index in [1.54, 1.807) is 18.3 Å². The molecule has 10 heteroatoms. The summed E-state index contributed by atoms with van der Waals surface area (Å²) in [6.45, 7) is -0.687. The number of aryl methyl sites for hydroxylation is 1. The van der Waals surface area contributed by atoms with E-state index in [1.807, 2.05) is 0 Å². The Bertz CT molecular complexity index is 1150. The maximum Gasteiger partial charge on any atom is 0.322 e. The molecule has 3 N–H and O–H groups in total. The number of nitrogens with one attached hydrogen (secondary N) is 1. The first-order chi connectivity index (χ1) is 13.3. The summed E-state index contributed by atoms with van der Waals surface area (Å²) in [5.74, 6) is -2.32. The Kier molecular flexibility index (Phi) is 4.94. The minimum absolute atomic E-state index is 0.155. The minimum atomic E-state index is -1.28. The van der Waals surface area contributed by atoms with Gasteiger partial charge >= 0.3 is 5.97 Å². The lowest BCUT2D eigenvalue weighted by Crippen LogP contribution is -2.35. The molecule has 144 valence electrons. The maximum atomic E-state index is 12.5. The van der Waals surface area contributed by atoms with Crippen molar-refractivity contribution < 1.29 is 24.5 Å². The number of amides is 1. The van der Waals surface area contributed by atoms with Crippen LogP contribution in [0.2, 0.25) is 0 Å². The lowest BCUT2D eigenvalue weighted by molar-refractivity contribution is -0.135. The number of aromatic hydroxyl groups is 1. The van der Waals surface area contributed by atoms with Crippen molar-refractivity contribution in [1.29, 1.82) is 0 Å². The molecule has 3 aromatic heterocycles. The molecule has 3 heterocycles. The van der Waals surface area contributed by atoms with Gasteiger partial charge < -0.3 is 20.3 Å². The Labute approximate surface area is 158 Å². The zero-order valence-corrected chi connectivity index (χ0v) is 15.0. The zero-order valence-electron chi connectivity index (χ0n) is 15.0. The number of carbonyl (C=O) groups is 2. The van der Waals surface area contributed by atoms with Crippen molar-refractivity contribution in [3.63, 3.8) is 0 Å². The van der Waals surface area contributed by atoms with Crippen LogP contribution in [0.5, 0.6) is 11.5 Å². The molecule has 0 aliphatic carbocycles. The summed E-state index contributed by atoms with van der Waals surface area (Å²) in [7, 11) is 2.90. The van der Waals surface area contributed by atoms with Gasteiger partial charge in [0.05, 0.1) is 18.7 Å². The molecule has 0 aliphatic rings. The van der Waals surface area contributed by atoms with Crippen LogP contribution in [-0.2, 0) is 11.8 Å². The quantitative estimate of drug-likeness (QED) is 0.578. The second kappa shape index (κ2) is 7.35. The molecule has 28 heavy (non-hydrogen) atoms. The van der Waals surface area contributed by atoms with Crippen LogP contribution in [0.3, 0.4) is 0 Å². The van der Waals surface area contributed by atoms with Crippen molar-refractivity contribution in [2.75, 3.05) is 13.7 Å². The molecular formula is C18H16N4O6. The predicted octanol–water partition coefficient (Wildman–Crippen LogP) is 0.524. The van der Waals surface area contributed by atoms with Gasteiger partial charge in [0.2, 0.25) is 0 Å². The largest absolute Gasteiger partial charge is 0.506 e. The molecule has 0 aliphatic heterocycles. The van der Waals surface area contributed by atoms with Gasteiger partial charge in [0.15, 0.2) is 0 Å². The van der Waals surface area contributed by atoms with Crippen molar-refractivity contribution in [2.24, 2.45) is 7.05 Å². The minimum Gasteiger partial charge on any atom is -0.506 e. The highest BCUT2D eigenvalue weighted by atomic mass is 16.5. The summed E-state index contributed by atoms with van der Waals surface area (Å²) in [5, 5.41) is 21.5. The van der Waals surface area contributed by atoms with Crippen molar-refractivity contribution in [1.82, 2.24) is 19.9 Å². The van der Waals surface area contributed by atoms with E-state index in [2.05, 4.69) is 15.3 Å². The number of fused-ring (bicyclic) bond motifs is 1. The van der Waals surface area contributed by atoms with Crippen LogP contribution >= 0.6 is 0 Å². The van der Waals surface area contributed by atoms with E-state index in [1.165, 1.54) is 26.6 Å². The summed E-state index contributed by atoms with van der Waals surface area (Å²) in [6, 6.07) is 3.27. The number of rotatable bonds is 5. The van der Waals surface area contributed by atoms with Gasteiger partial charge in [-0.25, -0.2) is 4.98 Å². The van der Waals surface area contributed by atoms with Crippen molar-refractivity contribution in [2.45, 2.75) is 0 Å². The molecule has 3 aromatic rings. The summed E-state index contributed by atoms with van der Waals surface area (Å²) in [4.78, 5) is 43.6. The number of methoxy groups -OCH3 is 1. The van der Waals surface area contributed by atoms with Crippen molar-refractivity contribution in [3.05, 3.63) is 46.6 Å². The zero-order chi connectivity index (χ0) is 20.4. The van der Waals surface area contributed by atoms with E-state index in [4.69, 9.17) is 9.84 Å². The number of nitrogens with zero attached hydrogens (tertiary/aromatic N) is 3. The average Bonchev–Trinajstić information content (AvgIpc) is 2.70. The first-order valence-electron chi connectivity index (χ1n) is 8.04. The third-order valence-electron chi connectivity index (χ3n) is 4.10. The van der Waals surface area contributed by atoms with Crippen molar-refractivity contribution in [3.8, 4) is 22.6 Å². The van der Waals surface area contributed by atoms with Crippen LogP contribution < -0.4 is 15.6 Å². The Morgan fingerprint density at radius 2 is 1.93 bits per heavy atom. The Balaban J connectivity index is 2.18. The van der Waals surface area contributed by atoms with Gasteiger partial charge in [-0.05, 0) is 12.1 Å². The number of carboxylic acid groups (broad SMARTS) is 1. The lowest BCUT2D eigenvalue weighted by atomic mass is 10.1. The number of carbonyl (C=O) groups excluding carboxylic acids is 1. The molecule has 0 aromatic carbocycles. The molecule has 0 atom stereocenters. The Morgan fingerprint density at radius 3 is 2.61 bits per heavy atom. The fourth-order valence-corrected chi connectivity index (χ4v) is 2.69. The smallest absolute Gasteiger partial charge is 0.322 e. The van der Waals surface area contributed by atoms with Gasteiger partial charge in [-0.2, -0.15) is 0 Å². The van der Waals surface area contributed by atoms with Crippen LogP contribution in [0.25, 0.3) is 22.2 Å². The van der Waals surface area contributed by atoms with Gasteiger partial charge in [0.25, 0.3) is 11.5 Å². The fraction of sp³-hybridized carbons (Fsp3) is 0.167. The molecule has 0 bridgehead atoms. The Hall–Kier alpha value is -3.95. The van der Waals surface area contributed by atoms with Crippen LogP contribution in [0.1, 0.15) is 10.4 Å². The van der Waals surface area contributed by atoms with E-state index < -0.39 is 35.3 Å². The molecule has 0 unspecified atom stereocenters. The fourth-order valence-electron chi connectivity index (χ4n) is 2.69. The highest BCUT2D eigenvalue weighted by molar-refractivity contribution is 6.03. The molecule has 3 rings (SSSR count). The summed E-state index contributed by atoms with van der Waals surface area (Å²) >= 11 is 0. The van der Waals surface area contributed by atoms with Crippen LogP contribution in [0, 0.1) is 0 Å². The van der Waals surface area contributed by atoms with E-state index >= 15 is 0 Å². The summed E-state index contributed by atoms with van der Waals surface area (Å²) < 4.78 is 6.25. The number of hydrogen-bond acceptors (Lipinski definition) is 7.